The van der Waals surface area contributed by atoms with Gasteiger partial charge in [-0.1, -0.05) is 6.07 Å². The van der Waals surface area contributed by atoms with E-state index in [9.17, 15) is 4.79 Å². The molecule has 1 fully saturated rings. The van der Waals surface area contributed by atoms with Crippen LogP contribution in [0.2, 0.25) is 0 Å². The number of fused-ring (bicyclic) bond motifs is 1. The van der Waals surface area contributed by atoms with Gasteiger partial charge in [0.1, 0.15) is 5.52 Å². The normalized spacial score (nSPS) is 16.1. The SMILES string of the molecule is O=C(NCC1(CCO)CC1)c1cccc2nccnc12. The van der Waals surface area contributed by atoms with E-state index < -0.39 is 0 Å². The molecule has 2 N–H and O–H groups in total. The van der Waals surface area contributed by atoms with Crippen LogP contribution in [0, 0.1) is 5.41 Å². The lowest BCUT2D eigenvalue weighted by atomic mass is 10.0. The third-order valence-electron chi connectivity index (χ3n) is 3.97. The molecule has 0 spiro atoms. The monoisotopic (exact) mass is 271 g/mol. The van der Waals surface area contributed by atoms with Gasteiger partial charge in [0.05, 0.1) is 11.1 Å². The summed E-state index contributed by atoms with van der Waals surface area (Å²) in [7, 11) is 0. The highest BCUT2D eigenvalue weighted by molar-refractivity contribution is 6.04. The molecule has 1 saturated carbocycles. The molecule has 20 heavy (non-hydrogen) atoms. The van der Waals surface area contributed by atoms with Gasteiger partial charge in [0.2, 0.25) is 0 Å². The van der Waals surface area contributed by atoms with Gasteiger partial charge < -0.3 is 10.4 Å². The Bertz CT molecular complexity index is 633. The van der Waals surface area contributed by atoms with Crippen molar-refractivity contribution in [2.45, 2.75) is 19.3 Å². The molecule has 0 bridgehead atoms. The first-order valence-electron chi connectivity index (χ1n) is 6.83. The van der Waals surface area contributed by atoms with E-state index in [0.717, 1.165) is 24.8 Å². The first kappa shape index (κ1) is 13.0. The van der Waals surface area contributed by atoms with Crippen LogP contribution < -0.4 is 5.32 Å². The molecule has 0 aliphatic heterocycles. The minimum Gasteiger partial charge on any atom is -0.396 e. The van der Waals surface area contributed by atoms with Crippen molar-refractivity contribution in [3.05, 3.63) is 36.2 Å². The number of aliphatic hydroxyl groups excluding tert-OH is 1. The first-order valence-corrected chi connectivity index (χ1v) is 6.83. The highest BCUT2D eigenvalue weighted by Gasteiger charge is 2.41. The van der Waals surface area contributed by atoms with Crippen molar-refractivity contribution in [2.24, 2.45) is 5.41 Å². The summed E-state index contributed by atoms with van der Waals surface area (Å²) < 4.78 is 0. The summed E-state index contributed by atoms with van der Waals surface area (Å²) in [5.74, 6) is -0.125. The van der Waals surface area contributed by atoms with Gasteiger partial charge in [-0.05, 0) is 36.8 Å². The van der Waals surface area contributed by atoms with Gasteiger partial charge in [-0.15, -0.1) is 0 Å². The van der Waals surface area contributed by atoms with E-state index in [-0.39, 0.29) is 17.9 Å². The van der Waals surface area contributed by atoms with E-state index in [1.807, 2.05) is 12.1 Å². The minimum atomic E-state index is -0.125. The molecule has 1 aliphatic rings. The van der Waals surface area contributed by atoms with Crippen LogP contribution >= 0.6 is 0 Å². The van der Waals surface area contributed by atoms with E-state index in [4.69, 9.17) is 5.11 Å². The Kier molecular flexibility index (Phi) is 3.36. The Labute approximate surface area is 117 Å². The molecule has 1 aromatic carbocycles. The van der Waals surface area contributed by atoms with Crippen LogP contribution in [0.1, 0.15) is 29.6 Å². The fourth-order valence-corrected chi connectivity index (χ4v) is 2.47. The maximum Gasteiger partial charge on any atom is 0.253 e. The van der Waals surface area contributed by atoms with Gasteiger partial charge >= 0.3 is 0 Å². The second-order valence-corrected chi connectivity index (χ2v) is 5.39. The number of hydrogen-bond donors (Lipinski definition) is 2. The average Bonchev–Trinajstić information content (AvgIpc) is 3.25. The second kappa shape index (κ2) is 5.17. The third-order valence-corrected chi connectivity index (χ3v) is 3.97. The maximum atomic E-state index is 12.3. The number of nitrogens with zero attached hydrogens (tertiary/aromatic N) is 2. The zero-order valence-electron chi connectivity index (χ0n) is 11.2. The molecule has 1 aliphatic carbocycles. The molecule has 0 radical (unpaired) electrons. The predicted octanol–water partition coefficient (Wildman–Crippen LogP) is 1.52. The van der Waals surface area contributed by atoms with Crippen molar-refractivity contribution in [1.82, 2.24) is 15.3 Å². The number of hydrogen-bond acceptors (Lipinski definition) is 4. The second-order valence-electron chi connectivity index (χ2n) is 5.39. The topological polar surface area (TPSA) is 75.1 Å². The van der Waals surface area contributed by atoms with Gasteiger partial charge in [-0.3, -0.25) is 14.8 Å². The van der Waals surface area contributed by atoms with Gasteiger partial charge in [0, 0.05) is 25.5 Å². The number of carbonyl (C=O) groups is 1. The predicted molar refractivity (Wildman–Crippen MR) is 75.2 cm³/mol. The van der Waals surface area contributed by atoms with Gasteiger partial charge in [0.25, 0.3) is 5.91 Å². The van der Waals surface area contributed by atoms with Crippen LogP contribution in [0.15, 0.2) is 30.6 Å². The van der Waals surface area contributed by atoms with Crippen LogP contribution in [-0.2, 0) is 0 Å². The van der Waals surface area contributed by atoms with Gasteiger partial charge in [-0.25, -0.2) is 0 Å². The van der Waals surface area contributed by atoms with Gasteiger partial charge in [0.15, 0.2) is 0 Å². The van der Waals surface area contributed by atoms with Crippen molar-refractivity contribution in [1.29, 1.82) is 0 Å². The smallest absolute Gasteiger partial charge is 0.253 e. The zero-order valence-corrected chi connectivity index (χ0v) is 11.2. The Hall–Kier alpha value is -2.01. The number of rotatable bonds is 5. The number of benzene rings is 1. The molecular formula is C15H17N3O2. The van der Waals surface area contributed by atoms with Crippen molar-refractivity contribution < 1.29 is 9.90 Å². The van der Waals surface area contributed by atoms with E-state index in [0.29, 0.717) is 17.6 Å². The molecule has 1 aromatic heterocycles. The summed E-state index contributed by atoms with van der Waals surface area (Å²) in [6.07, 6.45) is 6.10. The van der Waals surface area contributed by atoms with Crippen molar-refractivity contribution in [3.63, 3.8) is 0 Å². The lowest BCUT2D eigenvalue weighted by molar-refractivity contribution is 0.0942. The third kappa shape index (κ3) is 2.49. The van der Waals surface area contributed by atoms with E-state index in [1.54, 1.807) is 18.5 Å². The molecule has 104 valence electrons. The molecule has 2 aromatic rings. The lowest BCUT2D eigenvalue weighted by Crippen LogP contribution is -2.31. The molecule has 0 atom stereocenters. The fourth-order valence-electron chi connectivity index (χ4n) is 2.47. The number of nitrogens with one attached hydrogen (secondary N) is 1. The van der Waals surface area contributed by atoms with Crippen LogP contribution in [-0.4, -0.2) is 34.1 Å². The summed E-state index contributed by atoms with van der Waals surface area (Å²) in [5.41, 5.74) is 2.01. The van der Waals surface area contributed by atoms with Crippen molar-refractivity contribution >= 4 is 16.9 Å². The Morgan fingerprint density at radius 3 is 2.85 bits per heavy atom. The number of amides is 1. The van der Waals surface area contributed by atoms with E-state index in [2.05, 4.69) is 15.3 Å². The van der Waals surface area contributed by atoms with Crippen LogP contribution in [0.4, 0.5) is 0 Å². The van der Waals surface area contributed by atoms with E-state index in [1.165, 1.54) is 0 Å². The number of para-hydroxylation sites is 1. The first-order chi connectivity index (χ1) is 9.74. The number of carbonyl (C=O) groups excluding carboxylic acids is 1. The average molecular weight is 271 g/mol. The van der Waals surface area contributed by atoms with Crippen LogP contribution in [0.5, 0.6) is 0 Å². The fraction of sp³-hybridized carbons (Fsp3) is 0.400. The Morgan fingerprint density at radius 1 is 1.30 bits per heavy atom. The number of aliphatic hydroxyl groups is 1. The molecule has 0 unspecified atom stereocenters. The minimum absolute atomic E-state index is 0.112. The molecule has 3 rings (SSSR count). The highest BCUT2D eigenvalue weighted by Crippen LogP contribution is 2.47. The maximum absolute atomic E-state index is 12.3. The zero-order chi connectivity index (χ0) is 14.0. The quantitative estimate of drug-likeness (QED) is 0.864. The molecular weight excluding hydrogens is 254 g/mol. The summed E-state index contributed by atoms with van der Waals surface area (Å²) in [6, 6.07) is 5.41. The van der Waals surface area contributed by atoms with Crippen molar-refractivity contribution in [3.8, 4) is 0 Å². The Balaban J connectivity index is 1.76. The molecule has 0 saturated heterocycles. The largest absolute Gasteiger partial charge is 0.396 e. The summed E-state index contributed by atoms with van der Waals surface area (Å²) in [5, 5.41) is 12.0. The summed E-state index contributed by atoms with van der Waals surface area (Å²) >= 11 is 0. The van der Waals surface area contributed by atoms with Crippen LogP contribution in [0.25, 0.3) is 11.0 Å². The Morgan fingerprint density at radius 2 is 2.10 bits per heavy atom. The number of aromatic nitrogens is 2. The van der Waals surface area contributed by atoms with Crippen molar-refractivity contribution in [2.75, 3.05) is 13.2 Å². The lowest BCUT2D eigenvalue weighted by Gasteiger charge is -2.14. The van der Waals surface area contributed by atoms with Gasteiger partial charge in [-0.2, -0.15) is 0 Å². The summed E-state index contributed by atoms with van der Waals surface area (Å²) in [4.78, 5) is 20.7. The molecule has 5 heteroatoms. The molecule has 1 amide bonds. The highest BCUT2D eigenvalue weighted by atomic mass is 16.3. The molecule has 1 heterocycles. The summed E-state index contributed by atoms with van der Waals surface area (Å²) in [6.45, 7) is 0.790. The molecule has 5 nitrogen and oxygen atoms in total. The van der Waals surface area contributed by atoms with E-state index >= 15 is 0 Å². The standard InChI is InChI=1S/C15H17N3O2/c19-9-6-15(4-5-15)10-18-14(20)11-2-1-3-12-13(11)17-8-7-16-12/h1-3,7-8,19H,4-6,9-10H2,(H,18,20). The van der Waals surface area contributed by atoms with Crippen LogP contribution in [0.3, 0.4) is 0 Å².